The van der Waals surface area contributed by atoms with E-state index in [1.807, 2.05) is 0 Å². The van der Waals surface area contributed by atoms with Crippen LogP contribution in [0.1, 0.15) is 13.8 Å². The van der Waals surface area contributed by atoms with Crippen molar-refractivity contribution in [2.75, 3.05) is 13.1 Å². The van der Waals surface area contributed by atoms with Crippen molar-refractivity contribution >= 4 is 17.9 Å². The van der Waals surface area contributed by atoms with Crippen LogP contribution in [-0.2, 0) is 9.59 Å². The third kappa shape index (κ3) is 6.30. The van der Waals surface area contributed by atoms with Gasteiger partial charge in [-0.3, -0.25) is 9.59 Å². The predicted octanol–water partition coefficient (Wildman–Crippen LogP) is -1.11. The Morgan fingerprint density at radius 3 is 2.33 bits per heavy atom. The Hall–Kier alpha value is -1.79. The van der Waals surface area contributed by atoms with E-state index in [1.165, 1.54) is 6.92 Å². The number of carboxylic acid groups (broad SMARTS) is 1. The molecule has 1 atom stereocenters. The summed E-state index contributed by atoms with van der Waals surface area (Å²) in [6, 6.07) is -1.67. The topological polar surface area (TPSA) is 108 Å². The first-order chi connectivity index (χ1) is 6.97. The number of hydrogen-bond acceptors (Lipinski definition) is 3. The molecule has 4 N–H and O–H groups in total. The first kappa shape index (κ1) is 13.2. The Morgan fingerprint density at radius 1 is 1.27 bits per heavy atom. The number of hydrogen-bond donors (Lipinski definition) is 4. The molecule has 7 nitrogen and oxygen atoms in total. The number of urea groups is 1. The molecule has 0 aromatic carbocycles. The van der Waals surface area contributed by atoms with Gasteiger partial charge in [0.1, 0.15) is 6.04 Å². The van der Waals surface area contributed by atoms with Gasteiger partial charge in [0.15, 0.2) is 0 Å². The van der Waals surface area contributed by atoms with E-state index in [2.05, 4.69) is 16.0 Å². The summed E-state index contributed by atoms with van der Waals surface area (Å²) < 4.78 is 0. The molecular weight excluding hydrogens is 202 g/mol. The van der Waals surface area contributed by atoms with Crippen molar-refractivity contribution in [1.82, 2.24) is 16.0 Å². The smallest absolute Gasteiger partial charge is 0.325 e. The summed E-state index contributed by atoms with van der Waals surface area (Å²) in [6.45, 7) is 3.39. The molecule has 7 heteroatoms. The largest absolute Gasteiger partial charge is 0.480 e. The van der Waals surface area contributed by atoms with Crippen LogP contribution in [0.25, 0.3) is 0 Å². The highest BCUT2D eigenvalue weighted by Crippen LogP contribution is 1.80. The first-order valence-electron chi connectivity index (χ1n) is 4.51. The zero-order chi connectivity index (χ0) is 11.8. The monoisotopic (exact) mass is 217 g/mol. The van der Waals surface area contributed by atoms with Crippen molar-refractivity contribution in [3.63, 3.8) is 0 Å². The Bertz CT molecular complexity index is 254. The molecular formula is C8H15N3O4. The zero-order valence-electron chi connectivity index (χ0n) is 8.66. The highest BCUT2D eigenvalue weighted by molar-refractivity contribution is 5.86. The minimum atomic E-state index is -1.14. The second-order valence-corrected chi connectivity index (χ2v) is 2.84. The zero-order valence-corrected chi connectivity index (χ0v) is 8.66. The molecule has 0 aliphatic carbocycles. The van der Waals surface area contributed by atoms with E-state index in [9.17, 15) is 14.4 Å². The van der Waals surface area contributed by atoms with Gasteiger partial charge in [-0.2, -0.15) is 0 Å². The number of carboxylic acids is 1. The van der Waals surface area contributed by atoms with Crippen LogP contribution in [0.5, 0.6) is 0 Å². The maximum Gasteiger partial charge on any atom is 0.325 e. The van der Waals surface area contributed by atoms with Gasteiger partial charge in [-0.05, 0) is 13.8 Å². The second kappa shape index (κ2) is 6.63. The maximum atomic E-state index is 11.0. The summed E-state index contributed by atoms with van der Waals surface area (Å²) in [6.07, 6.45) is 0. The fourth-order valence-electron chi connectivity index (χ4n) is 0.730. The Labute approximate surface area is 87.2 Å². The van der Waals surface area contributed by atoms with Crippen molar-refractivity contribution < 1.29 is 19.5 Å². The summed E-state index contributed by atoms with van der Waals surface area (Å²) in [7, 11) is 0. The highest BCUT2D eigenvalue weighted by atomic mass is 16.4. The summed E-state index contributed by atoms with van der Waals surface area (Å²) in [5.74, 6) is -1.46. The van der Waals surface area contributed by atoms with Crippen LogP contribution in [0, 0.1) is 0 Å². The molecule has 0 aliphatic heterocycles. The van der Waals surface area contributed by atoms with Crippen molar-refractivity contribution in [3.05, 3.63) is 0 Å². The predicted molar refractivity (Wildman–Crippen MR) is 52.3 cm³/mol. The fraction of sp³-hybridized carbons (Fsp3) is 0.625. The lowest BCUT2D eigenvalue weighted by Crippen LogP contribution is -2.47. The molecule has 15 heavy (non-hydrogen) atoms. The number of carbonyl (C=O) groups excluding carboxylic acids is 2. The third-order valence-corrected chi connectivity index (χ3v) is 1.50. The van der Waals surface area contributed by atoms with Crippen molar-refractivity contribution in [3.8, 4) is 0 Å². The van der Waals surface area contributed by atoms with E-state index >= 15 is 0 Å². The van der Waals surface area contributed by atoms with Gasteiger partial charge in [-0.1, -0.05) is 0 Å². The van der Waals surface area contributed by atoms with E-state index in [0.717, 1.165) is 0 Å². The van der Waals surface area contributed by atoms with Crippen LogP contribution >= 0.6 is 0 Å². The lowest BCUT2D eigenvalue weighted by molar-refractivity contribution is -0.138. The second-order valence-electron chi connectivity index (χ2n) is 2.84. The molecule has 0 radical (unpaired) electrons. The molecule has 0 heterocycles. The molecule has 0 fully saturated rings. The molecule has 0 unspecified atom stereocenters. The number of aliphatic carboxylic acids is 1. The average Bonchev–Trinajstić information content (AvgIpc) is 2.15. The van der Waals surface area contributed by atoms with Gasteiger partial charge in [0.05, 0.1) is 6.54 Å². The number of likely N-dealkylation sites (N-methyl/N-ethyl adjacent to an activating group) is 1. The molecule has 0 aliphatic rings. The number of rotatable bonds is 5. The molecule has 0 saturated carbocycles. The van der Waals surface area contributed by atoms with Crippen LogP contribution in [0.2, 0.25) is 0 Å². The molecule has 0 aromatic heterocycles. The van der Waals surface area contributed by atoms with Crippen LogP contribution in [0.3, 0.4) is 0 Å². The van der Waals surface area contributed by atoms with Crippen LogP contribution in [-0.4, -0.2) is 42.1 Å². The van der Waals surface area contributed by atoms with Crippen molar-refractivity contribution in [2.24, 2.45) is 0 Å². The van der Waals surface area contributed by atoms with Crippen molar-refractivity contribution in [2.45, 2.75) is 19.9 Å². The Morgan fingerprint density at radius 2 is 1.87 bits per heavy atom. The first-order valence-corrected chi connectivity index (χ1v) is 4.51. The molecule has 0 rings (SSSR count). The van der Waals surface area contributed by atoms with E-state index in [4.69, 9.17) is 5.11 Å². The molecule has 86 valence electrons. The minimum Gasteiger partial charge on any atom is -0.480 e. The van der Waals surface area contributed by atoms with Gasteiger partial charge in [-0.15, -0.1) is 0 Å². The maximum absolute atomic E-state index is 11.0. The standard InChI is InChI=1S/C8H15N3O4/c1-3-9-6(12)4-10-8(15)11-5(2)7(13)14/h5H,3-4H2,1-2H3,(H,9,12)(H,13,14)(H2,10,11,15)/t5-/m1/s1. The van der Waals surface area contributed by atoms with E-state index in [-0.39, 0.29) is 12.5 Å². The molecule has 0 aromatic rings. The molecule has 3 amide bonds. The molecule has 0 saturated heterocycles. The van der Waals surface area contributed by atoms with Crippen LogP contribution in [0.15, 0.2) is 0 Å². The number of nitrogens with one attached hydrogen (secondary N) is 3. The highest BCUT2D eigenvalue weighted by Gasteiger charge is 2.13. The van der Waals surface area contributed by atoms with Gasteiger partial charge >= 0.3 is 12.0 Å². The normalized spacial score (nSPS) is 11.3. The van der Waals surface area contributed by atoms with Gasteiger partial charge in [0.25, 0.3) is 0 Å². The van der Waals surface area contributed by atoms with Crippen molar-refractivity contribution in [1.29, 1.82) is 0 Å². The average molecular weight is 217 g/mol. The molecule has 0 spiro atoms. The summed E-state index contributed by atoms with van der Waals surface area (Å²) in [5, 5.41) is 15.3. The summed E-state index contributed by atoms with van der Waals surface area (Å²) in [5.41, 5.74) is 0. The lowest BCUT2D eigenvalue weighted by atomic mass is 10.3. The van der Waals surface area contributed by atoms with E-state index in [1.54, 1.807) is 6.92 Å². The van der Waals surface area contributed by atoms with E-state index in [0.29, 0.717) is 6.54 Å². The Kier molecular flexibility index (Phi) is 5.84. The number of amides is 3. The summed E-state index contributed by atoms with van der Waals surface area (Å²) >= 11 is 0. The fourth-order valence-corrected chi connectivity index (χ4v) is 0.730. The van der Waals surface area contributed by atoms with Crippen LogP contribution in [0.4, 0.5) is 4.79 Å². The van der Waals surface area contributed by atoms with Gasteiger partial charge in [0, 0.05) is 6.54 Å². The lowest BCUT2D eigenvalue weighted by Gasteiger charge is -2.10. The van der Waals surface area contributed by atoms with Gasteiger partial charge < -0.3 is 21.1 Å². The number of carbonyl (C=O) groups is 3. The SMILES string of the molecule is CCNC(=O)CNC(=O)N[C@H](C)C(=O)O. The quantitative estimate of drug-likeness (QED) is 0.468. The Balaban J connectivity index is 3.75. The minimum absolute atomic E-state index is 0.175. The summed E-state index contributed by atoms with van der Waals surface area (Å²) in [4.78, 5) is 32.3. The van der Waals surface area contributed by atoms with Crippen LogP contribution < -0.4 is 16.0 Å². The van der Waals surface area contributed by atoms with Gasteiger partial charge in [-0.25, -0.2) is 4.79 Å². The van der Waals surface area contributed by atoms with E-state index < -0.39 is 18.0 Å². The third-order valence-electron chi connectivity index (χ3n) is 1.50. The van der Waals surface area contributed by atoms with Gasteiger partial charge in [0.2, 0.25) is 5.91 Å². The molecule has 0 bridgehead atoms.